The summed E-state index contributed by atoms with van der Waals surface area (Å²) in [5.74, 6) is 1.05. The van der Waals surface area contributed by atoms with Crippen molar-refractivity contribution in [3.05, 3.63) is 36.5 Å². The lowest BCUT2D eigenvalue weighted by molar-refractivity contribution is -0.139. The molecule has 126 valence electrons. The summed E-state index contributed by atoms with van der Waals surface area (Å²) in [4.78, 5) is 20.7. The van der Waals surface area contributed by atoms with Crippen molar-refractivity contribution in [2.75, 3.05) is 31.1 Å². The summed E-state index contributed by atoms with van der Waals surface area (Å²) in [6.07, 6.45) is 1.75. The maximum Gasteiger partial charge on any atom is 0.228 e. The van der Waals surface area contributed by atoms with E-state index in [2.05, 4.69) is 20.1 Å². The highest BCUT2D eigenvalue weighted by Crippen LogP contribution is 2.21. The van der Waals surface area contributed by atoms with Crippen LogP contribution in [0.15, 0.2) is 36.5 Å². The van der Waals surface area contributed by atoms with Gasteiger partial charge in [-0.3, -0.25) is 9.78 Å². The molecule has 0 saturated carbocycles. The van der Waals surface area contributed by atoms with Crippen molar-refractivity contribution in [2.24, 2.45) is 5.41 Å². The number of anilines is 1. The van der Waals surface area contributed by atoms with Gasteiger partial charge >= 0.3 is 0 Å². The Morgan fingerprint density at radius 1 is 0.958 bits per heavy atom. The summed E-state index contributed by atoms with van der Waals surface area (Å²) in [6, 6.07) is 9.64. The summed E-state index contributed by atoms with van der Waals surface area (Å²) in [7, 11) is 0. The molecule has 0 unspecified atom stereocenters. The summed E-state index contributed by atoms with van der Waals surface area (Å²) in [5.41, 5.74) is 1.25. The van der Waals surface area contributed by atoms with Crippen LogP contribution in [0.4, 0.5) is 5.82 Å². The van der Waals surface area contributed by atoms with Gasteiger partial charge in [0.15, 0.2) is 5.82 Å². The summed E-state index contributed by atoms with van der Waals surface area (Å²) >= 11 is 0. The number of carbonyl (C=O) groups excluding carboxylic acids is 1. The molecule has 0 aromatic carbocycles. The van der Waals surface area contributed by atoms with Gasteiger partial charge < -0.3 is 9.80 Å². The highest BCUT2D eigenvalue weighted by Gasteiger charge is 2.29. The van der Waals surface area contributed by atoms with E-state index in [0.717, 1.165) is 43.4 Å². The maximum atomic E-state index is 12.3. The van der Waals surface area contributed by atoms with Crippen molar-refractivity contribution in [1.82, 2.24) is 20.1 Å². The molecule has 1 aliphatic rings. The van der Waals surface area contributed by atoms with E-state index in [-0.39, 0.29) is 11.3 Å². The Labute approximate surface area is 142 Å². The van der Waals surface area contributed by atoms with Crippen LogP contribution in [0, 0.1) is 5.41 Å². The zero-order chi connectivity index (χ0) is 17.2. The first-order valence-corrected chi connectivity index (χ1v) is 8.24. The molecule has 2 aromatic rings. The summed E-state index contributed by atoms with van der Waals surface area (Å²) < 4.78 is 0. The number of amides is 1. The quantitative estimate of drug-likeness (QED) is 0.847. The van der Waals surface area contributed by atoms with E-state index in [9.17, 15) is 4.79 Å². The topological polar surface area (TPSA) is 62.2 Å². The molecule has 0 aliphatic carbocycles. The van der Waals surface area contributed by atoms with E-state index in [1.54, 1.807) is 6.20 Å². The Balaban J connectivity index is 1.64. The third-order valence-electron chi connectivity index (χ3n) is 4.11. The van der Waals surface area contributed by atoms with E-state index in [4.69, 9.17) is 0 Å². The van der Waals surface area contributed by atoms with Crippen molar-refractivity contribution in [2.45, 2.75) is 20.8 Å². The minimum absolute atomic E-state index is 0.207. The van der Waals surface area contributed by atoms with Gasteiger partial charge in [0, 0.05) is 37.8 Å². The first-order chi connectivity index (χ1) is 11.4. The van der Waals surface area contributed by atoms with Crippen molar-refractivity contribution >= 4 is 11.7 Å². The number of rotatable bonds is 2. The third kappa shape index (κ3) is 3.53. The molecule has 1 fully saturated rings. The minimum Gasteiger partial charge on any atom is -0.352 e. The van der Waals surface area contributed by atoms with Crippen molar-refractivity contribution in [1.29, 1.82) is 0 Å². The highest BCUT2D eigenvalue weighted by atomic mass is 16.2. The highest BCUT2D eigenvalue weighted by molar-refractivity contribution is 5.81. The lowest BCUT2D eigenvalue weighted by Gasteiger charge is -2.38. The predicted octanol–water partition coefficient (Wildman–Crippen LogP) is 2.23. The van der Waals surface area contributed by atoms with E-state index >= 15 is 0 Å². The smallest absolute Gasteiger partial charge is 0.228 e. The molecule has 24 heavy (non-hydrogen) atoms. The number of aromatic nitrogens is 3. The largest absolute Gasteiger partial charge is 0.352 e. The van der Waals surface area contributed by atoms with Gasteiger partial charge in [-0.2, -0.15) is 0 Å². The van der Waals surface area contributed by atoms with Gasteiger partial charge in [-0.1, -0.05) is 26.8 Å². The van der Waals surface area contributed by atoms with Crippen LogP contribution in [0.3, 0.4) is 0 Å². The van der Waals surface area contributed by atoms with E-state index in [1.165, 1.54) is 0 Å². The monoisotopic (exact) mass is 325 g/mol. The fourth-order valence-corrected chi connectivity index (χ4v) is 2.76. The molecule has 3 heterocycles. The zero-order valence-electron chi connectivity index (χ0n) is 14.4. The first-order valence-electron chi connectivity index (χ1n) is 8.24. The normalized spacial score (nSPS) is 15.5. The fraction of sp³-hybridized carbons (Fsp3) is 0.444. The number of piperazine rings is 1. The van der Waals surface area contributed by atoms with Crippen LogP contribution < -0.4 is 4.90 Å². The van der Waals surface area contributed by atoms with Gasteiger partial charge in [0.05, 0.1) is 5.69 Å². The molecular weight excluding hydrogens is 302 g/mol. The maximum absolute atomic E-state index is 12.3. The Hall–Kier alpha value is -2.50. The molecule has 0 spiro atoms. The van der Waals surface area contributed by atoms with E-state index in [0.29, 0.717) is 0 Å². The second-order valence-corrected chi connectivity index (χ2v) is 7.02. The molecule has 2 aromatic heterocycles. The Morgan fingerprint density at radius 2 is 1.71 bits per heavy atom. The SMILES string of the molecule is CC(C)(C)C(=O)N1CCN(c2ccc(-c3ccccn3)nn2)CC1. The molecular formula is C18H23N5O. The van der Waals surface area contributed by atoms with Crippen molar-refractivity contribution in [3.63, 3.8) is 0 Å². The van der Waals surface area contributed by atoms with Crippen LogP contribution in [0.1, 0.15) is 20.8 Å². The molecule has 0 radical (unpaired) electrons. The Kier molecular flexibility index (Phi) is 4.46. The minimum atomic E-state index is -0.327. The zero-order valence-corrected chi connectivity index (χ0v) is 14.4. The fourth-order valence-electron chi connectivity index (χ4n) is 2.76. The van der Waals surface area contributed by atoms with Crippen LogP contribution in [-0.2, 0) is 4.79 Å². The second-order valence-electron chi connectivity index (χ2n) is 7.02. The van der Waals surface area contributed by atoms with Gasteiger partial charge in [0.1, 0.15) is 5.69 Å². The molecule has 1 saturated heterocycles. The molecule has 1 aliphatic heterocycles. The first kappa shape index (κ1) is 16.4. The second kappa shape index (κ2) is 6.55. The summed E-state index contributed by atoms with van der Waals surface area (Å²) in [6.45, 7) is 8.88. The standard InChI is InChI=1S/C18H23N5O/c1-18(2,3)17(24)23-12-10-22(11-13-23)16-8-7-15(20-21-16)14-6-4-5-9-19-14/h4-9H,10-13H2,1-3H3. The number of hydrogen-bond donors (Lipinski definition) is 0. The average molecular weight is 325 g/mol. The molecule has 0 N–H and O–H groups in total. The van der Waals surface area contributed by atoms with Gasteiger partial charge in [-0.15, -0.1) is 10.2 Å². The molecule has 3 rings (SSSR count). The van der Waals surface area contributed by atoms with Crippen molar-refractivity contribution < 1.29 is 4.79 Å². The number of carbonyl (C=O) groups is 1. The van der Waals surface area contributed by atoms with Crippen LogP contribution in [-0.4, -0.2) is 52.2 Å². The molecule has 1 amide bonds. The van der Waals surface area contributed by atoms with Gasteiger partial charge in [-0.25, -0.2) is 0 Å². The predicted molar refractivity (Wildman–Crippen MR) is 93.5 cm³/mol. The van der Waals surface area contributed by atoms with Gasteiger partial charge in [0.2, 0.25) is 5.91 Å². The molecule has 6 nitrogen and oxygen atoms in total. The lowest BCUT2D eigenvalue weighted by Crippen LogP contribution is -2.51. The summed E-state index contributed by atoms with van der Waals surface area (Å²) in [5, 5.41) is 8.61. The average Bonchev–Trinajstić information content (AvgIpc) is 2.61. The van der Waals surface area contributed by atoms with Gasteiger partial charge in [-0.05, 0) is 24.3 Å². The van der Waals surface area contributed by atoms with E-state index < -0.39 is 0 Å². The van der Waals surface area contributed by atoms with Crippen LogP contribution in [0.2, 0.25) is 0 Å². The molecule has 0 atom stereocenters. The van der Waals surface area contributed by atoms with Crippen LogP contribution in [0.25, 0.3) is 11.4 Å². The van der Waals surface area contributed by atoms with Gasteiger partial charge in [0.25, 0.3) is 0 Å². The van der Waals surface area contributed by atoms with Crippen molar-refractivity contribution in [3.8, 4) is 11.4 Å². The Bertz CT molecular complexity index is 686. The van der Waals surface area contributed by atoms with Crippen LogP contribution >= 0.6 is 0 Å². The van der Waals surface area contributed by atoms with E-state index in [1.807, 2.05) is 56.0 Å². The lowest BCUT2D eigenvalue weighted by atomic mass is 9.94. The molecule has 6 heteroatoms. The third-order valence-corrected chi connectivity index (χ3v) is 4.11. The number of pyridine rings is 1. The Morgan fingerprint density at radius 3 is 2.25 bits per heavy atom. The number of nitrogens with zero attached hydrogens (tertiary/aromatic N) is 5. The number of hydrogen-bond acceptors (Lipinski definition) is 5. The van der Waals surface area contributed by atoms with Crippen LogP contribution in [0.5, 0.6) is 0 Å². The molecule has 0 bridgehead atoms.